The lowest BCUT2D eigenvalue weighted by atomic mass is 10.2. The van der Waals surface area contributed by atoms with Gasteiger partial charge in [-0.05, 0) is 48.0 Å². The van der Waals surface area contributed by atoms with E-state index in [1.54, 1.807) is 24.3 Å². The molecule has 0 aliphatic carbocycles. The zero-order chi connectivity index (χ0) is 19.8. The van der Waals surface area contributed by atoms with Gasteiger partial charge in [0.25, 0.3) is 10.0 Å². The van der Waals surface area contributed by atoms with Crippen molar-refractivity contribution in [1.29, 1.82) is 0 Å². The zero-order valence-corrected chi connectivity index (χ0v) is 17.2. The SMILES string of the molecule is O=S(=O)(NN1C(=S)S/C(=C\c2ccc(Cl)c(Cl)c2)C1O)c1ccc(F)cc1. The van der Waals surface area contributed by atoms with Crippen LogP contribution in [0.5, 0.6) is 0 Å². The van der Waals surface area contributed by atoms with Crippen molar-refractivity contribution in [2.24, 2.45) is 0 Å². The molecule has 0 spiro atoms. The van der Waals surface area contributed by atoms with E-state index >= 15 is 0 Å². The van der Waals surface area contributed by atoms with Crippen molar-refractivity contribution in [3.8, 4) is 0 Å². The normalized spacial score (nSPS) is 19.1. The second kappa shape index (κ2) is 8.04. The molecule has 11 heteroatoms. The minimum absolute atomic E-state index is 0.111. The summed E-state index contributed by atoms with van der Waals surface area (Å²) in [7, 11) is -4.05. The Labute approximate surface area is 174 Å². The largest absolute Gasteiger partial charge is 0.368 e. The fourth-order valence-electron chi connectivity index (χ4n) is 2.18. The van der Waals surface area contributed by atoms with Crippen LogP contribution in [-0.2, 0) is 10.0 Å². The van der Waals surface area contributed by atoms with Crippen molar-refractivity contribution in [3.05, 3.63) is 68.8 Å². The van der Waals surface area contributed by atoms with Crippen molar-refractivity contribution < 1.29 is 17.9 Å². The molecule has 2 N–H and O–H groups in total. The molecule has 1 aliphatic rings. The van der Waals surface area contributed by atoms with E-state index in [9.17, 15) is 17.9 Å². The summed E-state index contributed by atoms with van der Waals surface area (Å²) in [6.07, 6.45) is 0.294. The molecule has 1 unspecified atom stereocenters. The Kier molecular flexibility index (Phi) is 6.11. The number of sulfonamides is 1. The van der Waals surface area contributed by atoms with Crippen LogP contribution >= 0.6 is 47.2 Å². The Morgan fingerprint density at radius 2 is 1.85 bits per heavy atom. The van der Waals surface area contributed by atoms with Crippen LogP contribution in [0, 0.1) is 5.82 Å². The van der Waals surface area contributed by atoms with Crippen molar-refractivity contribution in [3.63, 3.8) is 0 Å². The number of halogens is 3. The quantitative estimate of drug-likeness (QED) is 0.665. The highest BCUT2D eigenvalue weighted by Gasteiger charge is 2.35. The summed E-state index contributed by atoms with van der Waals surface area (Å²) in [5.74, 6) is -0.562. The van der Waals surface area contributed by atoms with Gasteiger partial charge in [0.2, 0.25) is 0 Å². The molecule has 27 heavy (non-hydrogen) atoms. The number of hydrogen-bond donors (Lipinski definition) is 2. The maximum atomic E-state index is 13.0. The average molecular weight is 465 g/mol. The second-order valence-corrected chi connectivity index (χ2v) is 9.56. The number of nitrogens with one attached hydrogen (secondary N) is 1. The number of aliphatic hydroxyl groups is 1. The van der Waals surface area contributed by atoms with Crippen molar-refractivity contribution in [2.75, 3.05) is 0 Å². The first kappa shape index (κ1) is 20.5. The zero-order valence-electron chi connectivity index (χ0n) is 13.3. The molecular formula is C16H11Cl2FN2O3S3. The van der Waals surface area contributed by atoms with Gasteiger partial charge in [-0.25, -0.2) is 17.8 Å². The first-order chi connectivity index (χ1) is 12.7. The number of thioether (sulfide) groups is 1. The van der Waals surface area contributed by atoms with Crippen LogP contribution in [0.2, 0.25) is 10.0 Å². The van der Waals surface area contributed by atoms with Crippen molar-refractivity contribution in [1.82, 2.24) is 9.84 Å². The van der Waals surface area contributed by atoms with E-state index in [0.29, 0.717) is 20.5 Å². The lowest BCUT2D eigenvalue weighted by Crippen LogP contribution is -2.46. The van der Waals surface area contributed by atoms with Gasteiger partial charge in [-0.2, -0.15) is 0 Å². The third-order valence-corrected chi connectivity index (χ3v) is 6.95. The van der Waals surface area contributed by atoms with E-state index in [1.165, 1.54) is 0 Å². The molecule has 2 aromatic carbocycles. The summed E-state index contributed by atoms with van der Waals surface area (Å²) >= 11 is 18.0. The number of rotatable bonds is 4. The third kappa shape index (κ3) is 4.62. The molecule has 0 amide bonds. The number of nitrogens with zero attached hydrogens (tertiary/aromatic N) is 1. The molecule has 1 aliphatic heterocycles. The van der Waals surface area contributed by atoms with Gasteiger partial charge in [0, 0.05) is 4.91 Å². The highest BCUT2D eigenvalue weighted by atomic mass is 35.5. The Morgan fingerprint density at radius 3 is 2.48 bits per heavy atom. The fourth-order valence-corrected chi connectivity index (χ4v) is 4.94. The molecule has 142 valence electrons. The van der Waals surface area contributed by atoms with Crippen LogP contribution in [0.25, 0.3) is 6.08 Å². The van der Waals surface area contributed by atoms with Crippen LogP contribution in [0.4, 0.5) is 4.39 Å². The molecule has 0 saturated carbocycles. The van der Waals surface area contributed by atoms with Gasteiger partial charge in [0.05, 0.1) is 14.9 Å². The van der Waals surface area contributed by atoms with E-state index in [0.717, 1.165) is 41.0 Å². The summed E-state index contributed by atoms with van der Waals surface area (Å²) < 4.78 is 38.0. The van der Waals surface area contributed by atoms with Crippen molar-refractivity contribution in [2.45, 2.75) is 11.1 Å². The highest BCUT2D eigenvalue weighted by molar-refractivity contribution is 8.26. The summed E-state index contributed by atoms with van der Waals surface area (Å²) in [5, 5.41) is 12.1. The first-order valence-electron chi connectivity index (χ1n) is 7.31. The minimum Gasteiger partial charge on any atom is -0.368 e. The summed E-state index contributed by atoms with van der Waals surface area (Å²) in [5.41, 5.74) is 0.664. The van der Waals surface area contributed by atoms with Crippen LogP contribution < -0.4 is 4.83 Å². The number of aliphatic hydroxyl groups excluding tert-OH is 1. The summed E-state index contributed by atoms with van der Waals surface area (Å²) in [6, 6.07) is 9.19. The van der Waals surface area contributed by atoms with E-state index < -0.39 is 22.1 Å². The van der Waals surface area contributed by atoms with Crippen LogP contribution in [0.15, 0.2) is 52.3 Å². The smallest absolute Gasteiger partial charge is 0.257 e. The van der Waals surface area contributed by atoms with Gasteiger partial charge < -0.3 is 5.11 Å². The fraction of sp³-hybridized carbons (Fsp3) is 0.0625. The molecule has 2 aromatic rings. The number of thiocarbonyl (C=S) groups is 1. The van der Waals surface area contributed by atoms with Gasteiger partial charge >= 0.3 is 0 Å². The number of hydrogen-bond acceptors (Lipinski definition) is 5. The molecule has 3 rings (SSSR count). The van der Waals surface area contributed by atoms with E-state index in [-0.39, 0.29) is 9.22 Å². The number of hydrazine groups is 1. The van der Waals surface area contributed by atoms with E-state index in [4.69, 9.17) is 35.4 Å². The lowest BCUT2D eigenvalue weighted by molar-refractivity contribution is 0.0880. The Bertz CT molecular complexity index is 1030. The molecule has 1 fully saturated rings. The molecule has 0 bridgehead atoms. The molecule has 1 saturated heterocycles. The van der Waals surface area contributed by atoms with Gasteiger partial charge in [0.1, 0.15) is 5.82 Å². The molecule has 0 radical (unpaired) electrons. The monoisotopic (exact) mass is 464 g/mol. The molecular weight excluding hydrogens is 454 g/mol. The predicted octanol–water partition coefficient (Wildman–Crippen LogP) is 4.02. The van der Waals surface area contributed by atoms with Gasteiger partial charge in [-0.15, -0.1) is 4.83 Å². The van der Waals surface area contributed by atoms with Gasteiger partial charge in [-0.3, -0.25) is 0 Å². The number of benzene rings is 2. The second-order valence-electron chi connectivity index (χ2n) is 5.38. The van der Waals surface area contributed by atoms with Crippen LogP contribution in [-0.4, -0.2) is 29.1 Å². The first-order valence-corrected chi connectivity index (χ1v) is 10.8. The maximum absolute atomic E-state index is 13.0. The van der Waals surface area contributed by atoms with Gasteiger partial charge in [-0.1, -0.05) is 53.2 Å². The maximum Gasteiger partial charge on any atom is 0.257 e. The van der Waals surface area contributed by atoms with Crippen LogP contribution in [0.1, 0.15) is 5.56 Å². The van der Waals surface area contributed by atoms with Crippen molar-refractivity contribution >= 4 is 67.6 Å². The molecule has 1 heterocycles. The average Bonchev–Trinajstić information content (AvgIpc) is 2.86. The van der Waals surface area contributed by atoms with Gasteiger partial charge in [0.15, 0.2) is 10.5 Å². The van der Waals surface area contributed by atoms with E-state index in [1.807, 2.05) is 0 Å². The molecule has 5 nitrogen and oxygen atoms in total. The lowest BCUT2D eigenvalue weighted by Gasteiger charge is -2.22. The summed E-state index contributed by atoms with van der Waals surface area (Å²) in [4.78, 5) is 2.45. The van der Waals surface area contributed by atoms with Crippen LogP contribution in [0.3, 0.4) is 0 Å². The minimum atomic E-state index is -4.05. The molecule has 1 atom stereocenters. The summed E-state index contributed by atoms with van der Waals surface area (Å²) in [6.45, 7) is 0. The Morgan fingerprint density at radius 1 is 1.19 bits per heavy atom. The Balaban J connectivity index is 1.83. The standard InChI is InChI=1S/C16H11Cl2FN2O3S3/c17-12-6-1-9(7-13(12)18)8-14-15(22)21(16(25)26-14)20-27(23,24)11-4-2-10(19)3-5-11/h1-8,15,20,22H/b14-8-. The highest BCUT2D eigenvalue weighted by Crippen LogP contribution is 2.35. The Hall–Kier alpha value is -1.20. The topological polar surface area (TPSA) is 69.6 Å². The third-order valence-electron chi connectivity index (χ3n) is 3.50. The predicted molar refractivity (Wildman–Crippen MR) is 109 cm³/mol. The molecule has 0 aromatic heterocycles. The van der Waals surface area contributed by atoms with E-state index in [2.05, 4.69) is 4.83 Å².